The van der Waals surface area contributed by atoms with E-state index in [0.29, 0.717) is 5.82 Å². The van der Waals surface area contributed by atoms with Crippen LogP contribution in [0.5, 0.6) is 0 Å². The van der Waals surface area contributed by atoms with E-state index in [9.17, 15) is 4.79 Å². The molecule has 12 heavy (non-hydrogen) atoms. The Labute approximate surface area is 72.0 Å². The first-order chi connectivity index (χ1) is 5.75. The Balaban J connectivity index is 2.88. The second kappa shape index (κ2) is 3.85. The molecule has 1 heterocycles. The first kappa shape index (κ1) is 8.71. The van der Waals surface area contributed by atoms with Crippen molar-refractivity contribution in [2.75, 3.05) is 4.90 Å². The summed E-state index contributed by atoms with van der Waals surface area (Å²) in [6, 6.07) is 5.65. The number of carbonyl (C=O) groups is 1. The van der Waals surface area contributed by atoms with Gasteiger partial charge in [-0.2, -0.15) is 0 Å². The molecule has 0 fully saturated rings. The van der Waals surface area contributed by atoms with Crippen LogP contribution >= 0.6 is 0 Å². The zero-order chi connectivity index (χ0) is 8.97. The maximum Gasteiger partial charge on any atom is 0.215 e. The molecule has 0 atom stereocenters. The molecule has 0 unspecified atom stereocenters. The summed E-state index contributed by atoms with van der Waals surface area (Å²) >= 11 is 0. The molecule has 0 aliphatic heterocycles. The number of aromatic nitrogens is 1. The van der Waals surface area contributed by atoms with Gasteiger partial charge in [-0.15, -0.1) is 0 Å². The molecule has 0 aliphatic rings. The van der Waals surface area contributed by atoms with Gasteiger partial charge in [-0.1, -0.05) is 6.07 Å². The summed E-state index contributed by atoms with van der Waals surface area (Å²) in [6.07, 6.45) is 2.47. The van der Waals surface area contributed by atoms with Crippen LogP contribution < -0.4 is 4.90 Å². The fraction of sp³-hybridized carbons (Fsp3) is 0.333. The summed E-state index contributed by atoms with van der Waals surface area (Å²) in [5, 5.41) is 0. The van der Waals surface area contributed by atoms with Gasteiger partial charge >= 0.3 is 0 Å². The van der Waals surface area contributed by atoms with E-state index in [2.05, 4.69) is 4.98 Å². The van der Waals surface area contributed by atoms with Gasteiger partial charge in [0, 0.05) is 12.2 Å². The van der Waals surface area contributed by atoms with E-state index in [1.54, 1.807) is 11.1 Å². The van der Waals surface area contributed by atoms with Crippen molar-refractivity contribution in [2.45, 2.75) is 19.9 Å². The average Bonchev–Trinajstić information content (AvgIpc) is 2.07. The molecule has 64 valence electrons. The standard InChI is InChI=1S/C9H12N2O/c1-8(2)11(7-12)9-5-3-4-6-10-9/h3-8H,1-2H3. The molecule has 1 amide bonds. The zero-order valence-corrected chi connectivity index (χ0v) is 7.27. The van der Waals surface area contributed by atoms with Crippen molar-refractivity contribution >= 4 is 12.2 Å². The molecule has 0 spiro atoms. The highest BCUT2D eigenvalue weighted by Crippen LogP contribution is 2.09. The quantitative estimate of drug-likeness (QED) is 0.633. The fourth-order valence-corrected chi connectivity index (χ4v) is 0.947. The molecule has 0 saturated carbocycles. The Kier molecular flexibility index (Phi) is 2.80. The summed E-state index contributed by atoms with van der Waals surface area (Å²) in [7, 11) is 0. The van der Waals surface area contributed by atoms with E-state index in [1.165, 1.54) is 0 Å². The molecule has 0 bridgehead atoms. The molecule has 0 saturated heterocycles. The van der Waals surface area contributed by atoms with E-state index >= 15 is 0 Å². The number of carbonyl (C=O) groups excluding carboxylic acids is 1. The Morgan fingerprint density at radius 1 is 1.50 bits per heavy atom. The van der Waals surface area contributed by atoms with Crippen LogP contribution in [0.25, 0.3) is 0 Å². The van der Waals surface area contributed by atoms with Crippen LogP contribution in [0.2, 0.25) is 0 Å². The van der Waals surface area contributed by atoms with Crippen LogP contribution in [-0.4, -0.2) is 17.4 Å². The minimum atomic E-state index is 0.150. The van der Waals surface area contributed by atoms with Gasteiger partial charge in [-0.3, -0.25) is 9.69 Å². The number of pyridine rings is 1. The minimum Gasteiger partial charge on any atom is -0.297 e. The third-order valence-corrected chi connectivity index (χ3v) is 1.58. The Hall–Kier alpha value is -1.38. The predicted octanol–water partition coefficient (Wildman–Crippen LogP) is 1.45. The van der Waals surface area contributed by atoms with Crippen LogP contribution in [0.3, 0.4) is 0 Å². The highest BCUT2D eigenvalue weighted by Gasteiger charge is 2.08. The van der Waals surface area contributed by atoms with Crippen molar-refractivity contribution < 1.29 is 4.79 Å². The minimum absolute atomic E-state index is 0.150. The first-order valence-corrected chi connectivity index (χ1v) is 3.90. The Morgan fingerprint density at radius 3 is 2.67 bits per heavy atom. The smallest absolute Gasteiger partial charge is 0.215 e. The highest BCUT2D eigenvalue weighted by atomic mass is 16.1. The Morgan fingerprint density at radius 2 is 2.25 bits per heavy atom. The molecule has 0 aromatic carbocycles. The van der Waals surface area contributed by atoms with Crippen molar-refractivity contribution in [2.24, 2.45) is 0 Å². The summed E-state index contributed by atoms with van der Waals surface area (Å²) in [5.41, 5.74) is 0. The van der Waals surface area contributed by atoms with E-state index in [1.807, 2.05) is 32.0 Å². The molecule has 1 rings (SSSR count). The second-order valence-electron chi connectivity index (χ2n) is 2.79. The molecule has 1 aromatic rings. The van der Waals surface area contributed by atoms with Gasteiger partial charge in [0.1, 0.15) is 5.82 Å². The van der Waals surface area contributed by atoms with E-state index < -0.39 is 0 Å². The number of hydrogen-bond donors (Lipinski definition) is 0. The second-order valence-corrected chi connectivity index (χ2v) is 2.79. The van der Waals surface area contributed by atoms with E-state index in [0.717, 1.165) is 6.41 Å². The summed E-state index contributed by atoms with van der Waals surface area (Å²) < 4.78 is 0. The van der Waals surface area contributed by atoms with Crippen LogP contribution in [0.4, 0.5) is 5.82 Å². The number of nitrogens with zero attached hydrogens (tertiary/aromatic N) is 2. The normalized spacial score (nSPS) is 9.92. The largest absolute Gasteiger partial charge is 0.297 e. The lowest BCUT2D eigenvalue weighted by Crippen LogP contribution is -2.29. The number of rotatable bonds is 3. The van der Waals surface area contributed by atoms with Gasteiger partial charge in [-0.05, 0) is 26.0 Å². The van der Waals surface area contributed by atoms with E-state index in [-0.39, 0.29) is 6.04 Å². The molecule has 1 aromatic heterocycles. The van der Waals surface area contributed by atoms with Crippen LogP contribution in [0.15, 0.2) is 24.4 Å². The zero-order valence-electron chi connectivity index (χ0n) is 7.27. The van der Waals surface area contributed by atoms with E-state index in [4.69, 9.17) is 0 Å². The molecule has 3 heteroatoms. The lowest BCUT2D eigenvalue weighted by atomic mass is 10.3. The van der Waals surface area contributed by atoms with Crippen LogP contribution in [-0.2, 0) is 4.79 Å². The third-order valence-electron chi connectivity index (χ3n) is 1.58. The number of hydrogen-bond acceptors (Lipinski definition) is 2. The van der Waals surface area contributed by atoms with Gasteiger partial charge in [0.2, 0.25) is 6.41 Å². The van der Waals surface area contributed by atoms with Crippen LogP contribution in [0.1, 0.15) is 13.8 Å². The highest BCUT2D eigenvalue weighted by molar-refractivity contribution is 5.73. The van der Waals surface area contributed by atoms with Gasteiger partial charge in [-0.25, -0.2) is 4.98 Å². The monoisotopic (exact) mass is 164 g/mol. The SMILES string of the molecule is CC(C)N(C=O)c1ccccn1. The summed E-state index contributed by atoms with van der Waals surface area (Å²) in [4.78, 5) is 16.3. The van der Waals surface area contributed by atoms with Gasteiger partial charge in [0.15, 0.2) is 0 Å². The number of amides is 1. The Bertz CT molecular complexity index is 246. The fourth-order valence-electron chi connectivity index (χ4n) is 0.947. The summed E-state index contributed by atoms with van der Waals surface area (Å²) in [6.45, 7) is 3.90. The first-order valence-electron chi connectivity index (χ1n) is 3.90. The maximum absolute atomic E-state index is 10.6. The van der Waals surface area contributed by atoms with Gasteiger partial charge in [0.05, 0.1) is 0 Å². The average molecular weight is 164 g/mol. The topological polar surface area (TPSA) is 33.2 Å². The lowest BCUT2D eigenvalue weighted by molar-refractivity contribution is -0.107. The van der Waals surface area contributed by atoms with Crippen LogP contribution in [0, 0.1) is 0 Å². The van der Waals surface area contributed by atoms with Gasteiger partial charge < -0.3 is 0 Å². The molecular formula is C9H12N2O. The summed E-state index contributed by atoms with van der Waals surface area (Å²) in [5.74, 6) is 0.697. The van der Waals surface area contributed by atoms with Crippen molar-refractivity contribution in [3.8, 4) is 0 Å². The van der Waals surface area contributed by atoms with Crippen molar-refractivity contribution in [3.63, 3.8) is 0 Å². The molecular weight excluding hydrogens is 152 g/mol. The van der Waals surface area contributed by atoms with Crippen molar-refractivity contribution in [3.05, 3.63) is 24.4 Å². The lowest BCUT2D eigenvalue weighted by Gasteiger charge is -2.19. The van der Waals surface area contributed by atoms with Crippen molar-refractivity contribution in [1.29, 1.82) is 0 Å². The molecule has 0 radical (unpaired) electrons. The number of anilines is 1. The van der Waals surface area contributed by atoms with Gasteiger partial charge in [0.25, 0.3) is 0 Å². The molecule has 3 nitrogen and oxygen atoms in total. The predicted molar refractivity (Wildman–Crippen MR) is 47.9 cm³/mol. The molecule has 0 N–H and O–H groups in total. The third kappa shape index (κ3) is 1.81. The molecule has 0 aliphatic carbocycles. The maximum atomic E-state index is 10.6. The van der Waals surface area contributed by atoms with Crippen molar-refractivity contribution in [1.82, 2.24) is 4.98 Å².